The maximum absolute atomic E-state index is 8.86. The number of nitriles is 1. The molecule has 0 bridgehead atoms. The number of pyridine rings is 1. The minimum atomic E-state index is 0.523. The van der Waals surface area contributed by atoms with E-state index >= 15 is 0 Å². The monoisotopic (exact) mass is 283 g/mol. The molecule has 6 heteroatoms. The molecular weight excluding hydrogens is 274 g/mol. The van der Waals surface area contributed by atoms with Crippen molar-refractivity contribution in [2.45, 2.75) is 6.54 Å². The van der Waals surface area contributed by atoms with E-state index < -0.39 is 0 Å². The molecule has 0 atom stereocenters. The highest BCUT2D eigenvalue weighted by Gasteiger charge is 2.03. The normalized spacial score (nSPS) is 10.4. The van der Waals surface area contributed by atoms with Crippen molar-refractivity contribution in [3.05, 3.63) is 58.7 Å². The van der Waals surface area contributed by atoms with Gasteiger partial charge in [-0.05, 0) is 29.8 Å². The molecular formula is C14H10ClN5. The Hall–Kier alpha value is -2.58. The molecule has 2 aromatic heterocycles. The highest BCUT2D eigenvalue weighted by molar-refractivity contribution is 6.30. The van der Waals surface area contributed by atoms with Gasteiger partial charge >= 0.3 is 0 Å². The van der Waals surface area contributed by atoms with Crippen molar-refractivity contribution in [1.29, 1.82) is 5.26 Å². The number of aromatic nitrogens is 3. The summed E-state index contributed by atoms with van der Waals surface area (Å²) in [4.78, 5) is 4.33. The Kier molecular flexibility index (Phi) is 3.23. The van der Waals surface area contributed by atoms with Gasteiger partial charge in [-0.25, -0.2) is 4.52 Å². The molecule has 0 aliphatic rings. The molecule has 20 heavy (non-hydrogen) atoms. The fraction of sp³-hybridized carbons (Fsp3) is 0.0714. The molecule has 3 rings (SSSR count). The summed E-state index contributed by atoms with van der Waals surface area (Å²) in [6.07, 6.45) is 1.70. The Bertz CT molecular complexity index is 803. The Morgan fingerprint density at radius 1 is 1.30 bits per heavy atom. The van der Waals surface area contributed by atoms with Crippen LogP contribution >= 0.6 is 11.6 Å². The molecule has 0 saturated carbocycles. The number of nitrogens with one attached hydrogen (secondary N) is 1. The fourth-order valence-electron chi connectivity index (χ4n) is 1.86. The largest absolute Gasteiger partial charge is 0.349 e. The molecule has 0 saturated heterocycles. The Morgan fingerprint density at radius 2 is 2.20 bits per heavy atom. The molecule has 5 nitrogen and oxygen atoms in total. The molecule has 0 aliphatic heterocycles. The Labute approximate surface area is 120 Å². The molecule has 0 spiro atoms. The summed E-state index contributed by atoms with van der Waals surface area (Å²) in [5.41, 5.74) is 2.36. The minimum absolute atomic E-state index is 0.523. The van der Waals surface area contributed by atoms with Gasteiger partial charge in [0.25, 0.3) is 0 Å². The summed E-state index contributed by atoms with van der Waals surface area (Å²) >= 11 is 5.89. The molecule has 0 fully saturated rings. The smallest absolute Gasteiger partial charge is 0.243 e. The van der Waals surface area contributed by atoms with Crippen LogP contribution in [-0.4, -0.2) is 14.6 Å². The lowest BCUT2D eigenvalue weighted by atomic mass is 10.1. The molecule has 1 aromatic carbocycles. The number of hydrogen-bond donors (Lipinski definition) is 1. The second kappa shape index (κ2) is 5.19. The molecule has 2 heterocycles. The van der Waals surface area contributed by atoms with Crippen LogP contribution in [0.25, 0.3) is 5.65 Å². The van der Waals surface area contributed by atoms with Gasteiger partial charge in [-0.15, -0.1) is 5.10 Å². The van der Waals surface area contributed by atoms with Gasteiger partial charge in [-0.1, -0.05) is 23.7 Å². The van der Waals surface area contributed by atoms with Gasteiger partial charge in [-0.3, -0.25) is 0 Å². The number of halogens is 1. The molecule has 1 N–H and O–H groups in total. The molecule has 98 valence electrons. The van der Waals surface area contributed by atoms with E-state index in [1.807, 2.05) is 18.2 Å². The third-order valence-electron chi connectivity index (χ3n) is 2.80. The molecule has 0 aliphatic carbocycles. The zero-order valence-corrected chi connectivity index (χ0v) is 11.2. The van der Waals surface area contributed by atoms with Gasteiger partial charge in [-0.2, -0.15) is 10.2 Å². The predicted octanol–water partition coefficient (Wildman–Crippen LogP) is 2.87. The van der Waals surface area contributed by atoms with Crippen LogP contribution in [0.2, 0.25) is 5.02 Å². The summed E-state index contributed by atoms with van der Waals surface area (Å²) in [6, 6.07) is 13.1. The van der Waals surface area contributed by atoms with Crippen molar-refractivity contribution in [3.63, 3.8) is 0 Å². The van der Waals surface area contributed by atoms with E-state index in [0.29, 0.717) is 23.1 Å². The first-order valence-corrected chi connectivity index (χ1v) is 6.37. The van der Waals surface area contributed by atoms with Crippen LogP contribution in [-0.2, 0) is 6.54 Å². The van der Waals surface area contributed by atoms with Crippen LogP contribution < -0.4 is 5.32 Å². The second-order valence-corrected chi connectivity index (χ2v) is 4.69. The number of anilines is 1. The fourth-order valence-corrected chi connectivity index (χ4v) is 2.02. The minimum Gasteiger partial charge on any atom is -0.349 e. The van der Waals surface area contributed by atoms with Crippen molar-refractivity contribution in [2.75, 3.05) is 5.32 Å². The number of hydrogen-bond acceptors (Lipinski definition) is 4. The molecule has 0 unspecified atom stereocenters. The number of benzene rings is 1. The molecule has 0 amide bonds. The van der Waals surface area contributed by atoms with Crippen LogP contribution in [0, 0.1) is 11.3 Å². The lowest BCUT2D eigenvalue weighted by Gasteiger charge is -2.01. The first kappa shape index (κ1) is 12.5. The average Bonchev–Trinajstić information content (AvgIpc) is 2.87. The van der Waals surface area contributed by atoms with Gasteiger partial charge in [0.2, 0.25) is 5.95 Å². The molecule has 0 radical (unpaired) electrons. The van der Waals surface area contributed by atoms with Crippen LogP contribution in [0.1, 0.15) is 11.1 Å². The van der Waals surface area contributed by atoms with Crippen molar-refractivity contribution < 1.29 is 0 Å². The zero-order chi connectivity index (χ0) is 13.9. The van der Waals surface area contributed by atoms with E-state index in [-0.39, 0.29) is 0 Å². The van der Waals surface area contributed by atoms with Gasteiger partial charge < -0.3 is 5.32 Å². The Balaban J connectivity index is 1.78. The van der Waals surface area contributed by atoms with E-state index in [4.69, 9.17) is 16.9 Å². The van der Waals surface area contributed by atoms with Crippen molar-refractivity contribution in [1.82, 2.24) is 14.6 Å². The van der Waals surface area contributed by atoms with Gasteiger partial charge in [0.1, 0.15) is 0 Å². The van der Waals surface area contributed by atoms with Crippen LogP contribution in [0.5, 0.6) is 0 Å². The van der Waals surface area contributed by atoms with Gasteiger partial charge in [0.05, 0.1) is 16.7 Å². The van der Waals surface area contributed by atoms with Crippen molar-refractivity contribution in [2.24, 2.45) is 0 Å². The lowest BCUT2D eigenvalue weighted by molar-refractivity contribution is 0.950. The second-order valence-electron chi connectivity index (χ2n) is 4.25. The number of rotatable bonds is 3. The van der Waals surface area contributed by atoms with E-state index in [2.05, 4.69) is 21.5 Å². The van der Waals surface area contributed by atoms with E-state index in [1.54, 1.807) is 28.9 Å². The summed E-state index contributed by atoms with van der Waals surface area (Å²) < 4.78 is 1.62. The summed E-state index contributed by atoms with van der Waals surface area (Å²) in [5, 5.41) is 16.9. The van der Waals surface area contributed by atoms with Gasteiger partial charge in [0.15, 0.2) is 5.65 Å². The van der Waals surface area contributed by atoms with Gasteiger partial charge in [0, 0.05) is 12.7 Å². The van der Waals surface area contributed by atoms with Crippen molar-refractivity contribution in [3.8, 4) is 6.07 Å². The Morgan fingerprint density at radius 3 is 3.05 bits per heavy atom. The third-order valence-corrected chi connectivity index (χ3v) is 3.03. The highest BCUT2D eigenvalue weighted by Crippen LogP contribution is 2.12. The summed E-state index contributed by atoms with van der Waals surface area (Å²) in [5.74, 6) is 0.523. The van der Waals surface area contributed by atoms with Crippen molar-refractivity contribution >= 4 is 23.2 Å². The zero-order valence-electron chi connectivity index (χ0n) is 10.4. The van der Waals surface area contributed by atoms with E-state index in [0.717, 1.165) is 11.2 Å². The standard InChI is InChI=1S/C14H10ClN5/c15-12-4-5-13-18-14(19-20(13)9-12)17-8-11-3-1-2-10(6-11)7-16/h1-6,9H,8H2,(H,17,19). The quantitative estimate of drug-likeness (QED) is 0.803. The van der Waals surface area contributed by atoms with Crippen LogP contribution in [0.15, 0.2) is 42.6 Å². The number of nitrogens with zero attached hydrogens (tertiary/aromatic N) is 4. The van der Waals surface area contributed by atoms with E-state index in [9.17, 15) is 0 Å². The SMILES string of the molecule is N#Cc1cccc(CNc2nc3ccc(Cl)cn3n2)c1. The highest BCUT2D eigenvalue weighted by atomic mass is 35.5. The summed E-state index contributed by atoms with van der Waals surface area (Å²) in [7, 11) is 0. The lowest BCUT2D eigenvalue weighted by Crippen LogP contribution is -2.01. The van der Waals surface area contributed by atoms with Crippen LogP contribution in [0.3, 0.4) is 0 Å². The number of fused-ring (bicyclic) bond motifs is 1. The predicted molar refractivity (Wildman–Crippen MR) is 76.5 cm³/mol. The molecule has 3 aromatic rings. The average molecular weight is 284 g/mol. The first-order chi connectivity index (χ1) is 9.74. The van der Waals surface area contributed by atoms with Crippen LogP contribution in [0.4, 0.5) is 5.95 Å². The third kappa shape index (κ3) is 2.56. The summed E-state index contributed by atoms with van der Waals surface area (Å²) in [6.45, 7) is 0.556. The first-order valence-electron chi connectivity index (χ1n) is 5.99. The maximum atomic E-state index is 8.86. The maximum Gasteiger partial charge on any atom is 0.243 e. The van der Waals surface area contributed by atoms with E-state index in [1.165, 1.54) is 0 Å². The topological polar surface area (TPSA) is 66.0 Å².